The Bertz CT molecular complexity index is 380. The van der Waals surface area contributed by atoms with Crippen LogP contribution in [0, 0.1) is 5.92 Å². The third-order valence-electron chi connectivity index (χ3n) is 3.62. The highest BCUT2D eigenvalue weighted by Gasteiger charge is 2.25. The maximum Gasteiger partial charge on any atom is 0.144 e. The summed E-state index contributed by atoms with van der Waals surface area (Å²) in [5, 5.41) is 0.679. The van der Waals surface area contributed by atoms with Gasteiger partial charge in [0.05, 0.1) is 5.69 Å². The Balaban J connectivity index is 2.10. The molecule has 0 radical (unpaired) electrons. The van der Waals surface area contributed by atoms with E-state index in [1.807, 2.05) is 6.07 Å². The lowest BCUT2D eigenvalue weighted by molar-refractivity contribution is 0.0911. The molecule has 1 saturated carbocycles. The van der Waals surface area contributed by atoms with Crippen LogP contribution in [0.4, 0.5) is 5.69 Å². The van der Waals surface area contributed by atoms with E-state index < -0.39 is 0 Å². The van der Waals surface area contributed by atoms with Crippen molar-refractivity contribution in [1.82, 2.24) is 0 Å². The van der Waals surface area contributed by atoms with Crippen molar-refractivity contribution >= 4 is 17.3 Å². The number of hydrogen-bond acceptors (Lipinski definition) is 2. The topological polar surface area (TPSA) is 35.2 Å². The summed E-state index contributed by atoms with van der Waals surface area (Å²) in [5.41, 5.74) is 6.59. The standard InChI is InChI=1S/C14H20ClNO/c1-2-10-5-3-4-6-13(10)17-14-9-11(15)7-8-12(14)16/h7-10,13H,2-6,16H2,1H3. The van der Waals surface area contributed by atoms with E-state index >= 15 is 0 Å². The normalized spacial score (nSPS) is 24.6. The van der Waals surface area contributed by atoms with Crippen LogP contribution < -0.4 is 10.5 Å². The summed E-state index contributed by atoms with van der Waals surface area (Å²) in [4.78, 5) is 0. The van der Waals surface area contributed by atoms with Crippen LogP contribution in [0.15, 0.2) is 18.2 Å². The van der Waals surface area contributed by atoms with Crippen molar-refractivity contribution in [3.8, 4) is 5.75 Å². The molecule has 0 heterocycles. The number of anilines is 1. The zero-order valence-corrected chi connectivity index (χ0v) is 11.0. The molecule has 2 nitrogen and oxygen atoms in total. The van der Waals surface area contributed by atoms with Crippen LogP contribution in [0.3, 0.4) is 0 Å². The Morgan fingerprint density at radius 1 is 1.35 bits per heavy atom. The molecule has 0 aromatic heterocycles. The van der Waals surface area contributed by atoms with E-state index in [2.05, 4.69) is 6.92 Å². The van der Waals surface area contributed by atoms with E-state index in [9.17, 15) is 0 Å². The molecule has 0 bridgehead atoms. The van der Waals surface area contributed by atoms with E-state index in [1.54, 1.807) is 12.1 Å². The fourth-order valence-electron chi connectivity index (χ4n) is 2.57. The van der Waals surface area contributed by atoms with Gasteiger partial charge in [0, 0.05) is 11.1 Å². The predicted octanol–water partition coefficient (Wildman–Crippen LogP) is 4.27. The third kappa shape index (κ3) is 3.06. The first-order valence-electron chi connectivity index (χ1n) is 6.42. The second kappa shape index (κ2) is 5.63. The number of nitrogens with two attached hydrogens (primary N) is 1. The fraction of sp³-hybridized carbons (Fsp3) is 0.571. The summed E-state index contributed by atoms with van der Waals surface area (Å²) in [6, 6.07) is 5.42. The molecule has 2 N–H and O–H groups in total. The van der Waals surface area contributed by atoms with Crippen molar-refractivity contribution in [1.29, 1.82) is 0 Å². The molecular formula is C14H20ClNO. The zero-order valence-electron chi connectivity index (χ0n) is 10.3. The highest BCUT2D eigenvalue weighted by atomic mass is 35.5. The van der Waals surface area contributed by atoms with Crippen LogP contribution in [-0.4, -0.2) is 6.10 Å². The van der Waals surface area contributed by atoms with Gasteiger partial charge in [-0.15, -0.1) is 0 Å². The minimum Gasteiger partial charge on any atom is -0.488 e. The van der Waals surface area contributed by atoms with Crippen LogP contribution in [0.25, 0.3) is 0 Å². The molecule has 3 heteroatoms. The van der Waals surface area contributed by atoms with Crippen molar-refractivity contribution < 1.29 is 4.74 Å². The van der Waals surface area contributed by atoms with E-state index in [4.69, 9.17) is 22.1 Å². The summed E-state index contributed by atoms with van der Waals surface area (Å²) in [6.07, 6.45) is 6.44. The number of nitrogen functional groups attached to an aromatic ring is 1. The molecular weight excluding hydrogens is 234 g/mol. The lowest BCUT2D eigenvalue weighted by Gasteiger charge is -2.31. The van der Waals surface area contributed by atoms with Crippen molar-refractivity contribution in [3.63, 3.8) is 0 Å². The van der Waals surface area contributed by atoms with E-state index in [1.165, 1.54) is 25.7 Å². The van der Waals surface area contributed by atoms with Crippen molar-refractivity contribution in [2.24, 2.45) is 5.92 Å². The van der Waals surface area contributed by atoms with Gasteiger partial charge in [-0.05, 0) is 43.7 Å². The Labute approximate surface area is 108 Å². The van der Waals surface area contributed by atoms with Gasteiger partial charge in [-0.3, -0.25) is 0 Å². The van der Waals surface area contributed by atoms with Gasteiger partial charge in [0.15, 0.2) is 0 Å². The average molecular weight is 254 g/mol. The van der Waals surface area contributed by atoms with Crippen LogP contribution in [0.1, 0.15) is 39.0 Å². The summed E-state index contributed by atoms with van der Waals surface area (Å²) >= 11 is 5.97. The molecule has 1 aromatic rings. The molecule has 1 aliphatic rings. The molecule has 0 amide bonds. The van der Waals surface area contributed by atoms with Gasteiger partial charge < -0.3 is 10.5 Å². The van der Waals surface area contributed by atoms with Gasteiger partial charge in [0.2, 0.25) is 0 Å². The van der Waals surface area contributed by atoms with Crippen molar-refractivity contribution in [2.45, 2.75) is 45.1 Å². The highest BCUT2D eigenvalue weighted by Crippen LogP contribution is 2.33. The molecule has 2 rings (SSSR count). The van der Waals surface area contributed by atoms with E-state index in [0.717, 1.165) is 12.2 Å². The summed E-state index contributed by atoms with van der Waals surface area (Å²) in [5.74, 6) is 1.39. The maximum absolute atomic E-state index is 6.06. The molecule has 0 saturated heterocycles. The minimum absolute atomic E-state index is 0.300. The Morgan fingerprint density at radius 2 is 2.12 bits per heavy atom. The molecule has 1 fully saturated rings. The van der Waals surface area contributed by atoms with Gasteiger partial charge in [0.25, 0.3) is 0 Å². The number of rotatable bonds is 3. The van der Waals surface area contributed by atoms with Crippen LogP contribution in [0.2, 0.25) is 5.02 Å². The minimum atomic E-state index is 0.300. The van der Waals surface area contributed by atoms with E-state index in [-0.39, 0.29) is 0 Å². The lowest BCUT2D eigenvalue weighted by atomic mass is 9.85. The van der Waals surface area contributed by atoms with Crippen LogP contribution >= 0.6 is 11.6 Å². The molecule has 0 aliphatic heterocycles. The van der Waals surface area contributed by atoms with Gasteiger partial charge in [-0.2, -0.15) is 0 Å². The summed E-state index contributed by atoms with van der Waals surface area (Å²) < 4.78 is 6.06. The second-order valence-electron chi connectivity index (χ2n) is 4.79. The second-order valence-corrected chi connectivity index (χ2v) is 5.23. The number of ether oxygens (including phenoxy) is 1. The number of benzene rings is 1. The zero-order chi connectivity index (χ0) is 12.3. The third-order valence-corrected chi connectivity index (χ3v) is 3.85. The van der Waals surface area contributed by atoms with Crippen LogP contribution in [-0.2, 0) is 0 Å². The molecule has 1 aromatic carbocycles. The van der Waals surface area contributed by atoms with Crippen molar-refractivity contribution in [3.05, 3.63) is 23.2 Å². The molecule has 2 unspecified atom stereocenters. The quantitative estimate of drug-likeness (QED) is 0.817. The first-order valence-corrected chi connectivity index (χ1v) is 6.80. The average Bonchev–Trinajstić information content (AvgIpc) is 2.34. The first kappa shape index (κ1) is 12.6. The largest absolute Gasteiger partial charge is 0.488 e. The van der Waals surface area contributed by atoms with Gasteiger partial charge in [-0.25, -0.2) is 0 Å². The molecule has 0 spiro atoms. The number of halogens is 1. The molecule has 1 aliphatic carbocycles. The van der Waals surface area contributed by atoms with E-state index in [0.29, 0.717) is 22.7 Å². The van der Waals surface area contributed by atoms with Crippen molar-refractivity contribution in [2.75, 3.05) is 5.73 Å². The lowest BCUT2D eigenvalue weighted by Crippen LogP contribution is -2.30. The smallest absolute Gasteiger partial charge is 0.144 e. The molecule has 17 heavy (non-hydrogen) atoms. The van der Waals surface area contributed by atoms with Gasteiger partial charge in [0.1, 0.15) is 11.9 Å². The highest BCUT2D eigenvalue weighted by molar-refractivity contribution is 6.30. The Morgan fingerprint density at radius 3 is 2.88 bits per heavy atom. The predicted molar refractivity (Wildman–Crippen MR) is 72.5 cm³/mol. The molecule has 2 atom stereocenters. The van der Waals surface area contributed by atoms with Gasteiger partial charge in [-0.1, -0.05) is 24.9 Å². The molecule has 94 valence electrons. The fourth-order valence-corrected chi connectivity index (χ4v) is 2.73. The summed E-state index contributed by atoms with van der Waals surface area (Å²) in [6.45, 7) is 2.23. The SMILES string of the molecule is CCC1CCCCC1Oc1cc(Cl)ccc1N. The Kier molecular flexibility index (Phi) is 4.16. The first-order chi connectivity index (χ1) is 8.20. The summed E-state index contributed by atoms with van der Waals surface area (Å²) in [7, 11) is 0. The maximum atomic E-state index is 6.06. The number of hydrogen-bond donors (Lipinski definition) is 1. The Hall–Kier alpha value is -0.890. The monoisotopic (exact) mass is 253 g/mol. The van der Waals surface area contributed by atoms with Crippen LogP contribution in [0.5, 0.6) is 5.75 Å². The van der Waals surface area contributed by atoms with Gasteiger partial charge >= 0.3 is 0 Å².